The first-order valence-electron chi connectivity index (χ1n) is 12.6. The predicted molar refractivity (Wildman–Crippen MR) is 140 cm³/mol. The van der Waals surface area contributed by atoms with Crippen LogP contribution in [0.2, 0.25) is 0 Å². The molecule has 3 heterocycles. The molecule has 0 unspecified atom stereocenters. The Morgan fingerprint density at radius 1 is 1.05 bits per heavy atom. The molecule has 10 nitrogen and oxygen atoms in total. The van der Waals surface area contributed by atoms with Gasteiger partial charge in [0.2, 0.25) is 18.6 Å². The molecule has 1 N–H and O–H groups in total. The maximum Gasteiger partial charge on any atom is 0.247 e. The molecular formula is C28H30N6O4. The van der Waals surface area contributed by atoms with Gasteiger partial charge in [-0.1, -0.05) is 37.3 Å². The van der Waals surface area contributed by atoms with Crippen molar-refractivity contribution in [3.8, 4) is 11.5 Å². The molecule has 0 saturated carbocycles. The summed E-state index contributed by atoms with van der Waals surface area (Å²) < 4.78 is 12.6. The van der Waals surface area contributed by atoms with Gasteiger partial charge >= 0.3 is 0 Å². The summed E-state index contributed by atoms with van der Waals surface area (Å²) in [5.41, 5.74) is 2.91. The number of aromatic nitrogens is 4. The van der Waals surface area contributed by atoms with Gasteiger partial charge in [0.1, 0.15) is 18.1 Å². The van der Waals surface area contributed by atoms with Gasteiger partial charge in [-0.2, -0.15) is 0 Å². The average molecular weight is 515 g/mol. The summed E-state index contributed by atoms with van der Waals surface area (Å²) >= 11 is 0. The fourth-order valence-electron chi connectivity index (χ4n) is 4.41. The standard InChI is InChI=1S/C28H30N6O4/c1-19(2)9-14-30-28(36)27(21-10-12-29-13-11-21)33(16-20-7-8-24-25(15-20)38-18-37-24)26(35)17-34-23-6-4-3-5-22(23)31-32-34/h3-8,10-13,15,19,27H,9,14,16-18H2,1-2H3,(H,30,36)/t27-/m1/s1. The first-order chi connectivity index (χ1) is 18.5. The molecule has 2 aromatic carbocycles. The van der Waals surface area contributed by atoms with E-state index in [-0.39, 0.29) is 31.7 Å². The van der Waals surface area contributed by atoms with Crippen molar-refractivity contribution in [2.75, 3.05) is 13.3 Å². The van der Waals surface area contributed by atoms with Gasteiger partial charge in [0, 0.05) is 25.5 Å². The third kappa shape index (κ3) is 5.59. The second-order valence-electron chi connectivity index (χ2n) is 9.60. The van der Waals surface area contributed by atoms with Crippen molar-refractivity contribution in [3.63, 3.8) is 0 Å². The minimum Gasteiger partial charge on any atom is -0.454 e. The summed E-state index contributed by atoms with van der Waals surface area (Å²) in [6.45, 7) is 4.96. The van der Waals surface area contributed by atoms with Crippen LogP contribution in [0, 0.1) is 5.92 Å². The van der Waals surface area contributed by atoms with Crippen LogP contribution < -0.4 is 14.8 Å². The van der Waals surface area contributed by atoms with E-state index in [9.17, 15) is 9.59 Å². The van der Waals surface area contributed by atoms with Crippen molar-refractivity contribution < 1.29 is 19.1 Å². The van der Waals surface area contributed by atoms with Crippen LogP contribution in [0.5, 0.6) is 11.5 Å². The van der Waals surface area contributed by atoms with E-state index < -0.39 is 6.04 Å². The highest BCUT2D eigenvalue weighted by molar-refractivity contribution is 5.89. The molecule has 0 bridgehead atoms. The van der Waals surface area contributed by atoms with Crippen molar-refractivity contribution in [1.82, 2.24) is 30.2 Å². The molecule has 0 spiro atoms. The molecule has 38 heavy (non-hydrogen) atoms. The topological polar surface area (TPSA) is 111 Å². The maximum absolute atomic E-state index is 14.0. The monoisotopic (exact) mass is 514 g/mol. The molecule has 0 saturated heterocycles. The maximum atomic E-state index is 14.0. The molecule has 5 rings (SSSR count). The van der Waals surface area contributed by atoms with E-state index in [4.69, 9.17) is 9.47 Å². The van der Waals surface area contributed by atoms with E-state index in [1.807, 2.05) is 42.5 Å². The Morgan fingerprint density at radius 3 is 2.66 bits per heavy atom. The Labute approximate surface area is 220 Å². The molecule has 0 radical (unpaired) electrons. The lowest BCUT2D eigenvalue weighted by Gasteiger charge is -2.31. The number of nitrogens with one attached hydrogen (secondary N) is 1. The van der Waals surface area contributed by atoms with Crippen molar-refractivity contribution in [1.29, 1.82) is 0 Å². The number of nitrogens with zero attached hydrogens (tertiary/aromatic N) is 5. The van der Waals surface area contributed by atoms with Crippen LogP contribution in [-0.2, 0) is 22.7 Å². The van der Waals surface area contributed by atoms with Crippen LogP contribution in [0.4, 0.5) is 0 Å². The lowest BCUT2D eigenvalue weighted by molar-refractivity contribution is -0.142. The Kier molecular flexibility index (Phi) is 7.48. The molecule has 10 heteroatoms. The predicted octanol–water partition coefficient (Wildman–Crippen LogP) is 3.49. The minimum atomic E-state index is -0.877. The zero-order chi connectivity index (χ0) is 26.5. The second-order valence-corrected chi connectivity index (χ2v) is 9.60. The summed E-state index contributed by atoms with van der Waals surface area (Å²) in [5, 5.41) is 11.4. The van der Waals surface area contributed by atoms with Gasteiger partial charge in [-0.3, -0.25) is 14.6 Å². The molecule has 2 aromatic heterocycles. The quantitative estimate of drug-likeness (QED) is 0.345. The van der Waals surface area contributed by atoms with E-state index in [1.165, 1.54) is 0 Å². The second kappa shape index (κ2) is 11.3. The Morgan fingerprint density at radius 2 is 1.84 bits per heavy atom. The largest absolute Gasteiger partial charge is 0.454 e. The number of fused-ring (bicyclic) bond motifs is 2. The van der Waals surface area contributed by atoms with E-state index in [1.54, 1.807) is 34.1 Å². The van der Waals surface area contributed by atoms with Crippen molar-refractivity contribution in [2.45, 2.75) is 39.4 Å². The number of carbonyl (C=O) groups excluding carboxylic acids is 2. The van der Waals surface area contributed by atoms with E-state index >= 15 is 0 Å². The van der Waals surface area contributed by atoms with Gasteiger partial charge in [-0.25, -0.2) is 4.68 Å². The molecule has 4 aromatic rings. The summed E-state index contributed by atoms with van der Waals surface area (Å²) in [7, 11) is 0. The molecule has 2 amide bonds. The lowest BCUT2D eigenvalue weighted by atomic mass is 10.0. The van der Waals surface area contributed by atoms with Crippen LogP contribution in [0.3, 0.4) is 0 Å². The minimum absolute atomic E-state index is 0.0775. The van der Waals surface area contributed by atoms with E-state index in [0.717, 1.165) is 17.5 Å². The SMILES string of the molecule is CC(C)CCNC(=O)[C@@H](c1ccncc1)N(Cc1ccc2c(c1)OCO2)C(=O)Cn1nnc2ccccc21. The Balaban J connectivity index is 1.50. The zero-order valence-corrected chi connectivity index (χ0v) is 21.4. The van der Waals surface area contributed by atoms with Gasteiger partial charge in [-0.05, 0) is 59.9 Å². The van der Waals surface area contributed by atoms with Crippen LogP contribution in [0.15, 0.2) is 67.0 Å². The van der Waals surface area contributed by atoms with Crippen molar-refractivity contribution in [2.24, 2.45) is 5.92 Å². The summed E-state index contributed by atoms with van der Waals surface area (Å²) in [6.07, 6.45) is 4.08. The lowest BCUT2D eigenvalue weighted by Crippen LogP contribution is -2.45. The number of amides is 2. The number of hydrogen-bond donors (Lipinski definition) is 1. The normalized spacial score (nSPS) is 13.0. The number of hydrogen-bond acceptors (Lipinski definition) is 7. The highest BCUT2D eigenvalue weighted by Gasteiger charge is 2.32. The van der Waals surface area contributed by atoms with Crippen LogP contribution in [-0.4, -0.2) is 50.0 Å². The fraction of sp³-hybridized carbons (Fsp3) is 0.321. The number of ether oxygens (including phenoxy) is 2. The fourth-order valence-corrected chi connectivity index (χ4v) is 4.41. The van der Waals surface area contributed by atoms with Crippen molar-refractivity contribution in [3.05, 3.63) is 78.1 Å². The highest BCUT2D eigenvalue weighted by Crippen LogP contribution is 2.34. The highest BCUT2D eigenvalue weighted by atomic mass is 16.7. The molecule has 1 aliphatic heterocycles. The smallest absolute Gasteiger partial charge is 0.247 e. The molecule has 1 aliphatic rings. The molecular weight excluding hydrogens is 484 g/mol. The van der Waals surface area contributed by atoms with Crippen molar-refractivity contribution >= 4 is 22.8 Å². The van der Waals surface area contributed by atoms with Gasteiger partial charge in [-0.15, -0.1) is 5.10 Å². The molecule has 1 atom stereocenters. The van der Waals surface area contributed by atoms with Gasteiger partial charge < -0.3 is 19.7 Å². The molecule has 196 valence electrons. The Hall–Kier alpha value is -4.47. The third-order valence-corrected chi connectivity index (χ3v) is 6.42. The first kappa shape index (κ1) is 25.2. The van der Waals surface area contributed by atoms with Gasteiger partial charge in [0.15, 0.2) is 11.5 Å². The number of rotatable bonds is 10. The van der Waals surface area contributed by atoms with Gasteiger partial charge in [0.05, 0.1) is 5.52 Å². The average Bonchev–Trinajstić information content (AvgIpc) is 3.55. The number of para-hydroxylation sites is 1. The van der Waals surface area contributed by atoms with Crippen LogP contribution in [0.25, 0.3) is 11.0 Å². The Bertz CT molecular complexity index is 1420. The van der Waals surface area contributed by atoms with E-state index in [2.05, 4.69) is 34.5 Å². The van der Waals surface area contributed by atoms with Crippen LogP contribution >= 0.6 is 0 Å². The van der Waals surface area contributed by atoms with Gasteiger partial charge in [0.25, 0.3) is 0 Å². The summed E-state index contributed by atoms with van der Waals surface area (Å²) in [6, 6.07) is 15.6. The number of carbonyl (C=O) groups is 2. The summed E-state index contributed by atoms with van der Waals surface area (Å²) in [5.74, 6) is 1.16. The van der Waals surface area contributed by atoms with E-state index in [0.29, 0.717) is 35.0 Å². The molecule has 0 aliphatic carbocycles. The first-order valence-corrected chi connectivity index (χ1v) is 12.6. The van der Waals surface area contributed by atoms with Crippen LogP contribution in [0.1, 0.15) is 37.4 Å². The third-order valence-electron chi connectivity index (χ3n) is 6.42. The number of benzene rings is 2. The summed E-state index contributed by atoms with van der Waals surface area (Å²) in [4.78, 5) is 33.3. The number of pyridine rings is 1. The molecule has 0 fully saturated rings. The zero-order valence-electron chi connectivity index (χ0n) is 21.4.